The Morgan fingerprint density at radius 1 is 1.59 bits per heavy atom. The number of thioether (sulfide) groups is 1. The summed E-state index contributed by atoms with van der Waals surface area (Å²) in [6.45, 7) is 0.870. The van der Waals surface area contributed by atoms with Crippen molar-refractivity contribution in [2.75, 3.05) is 25.2 Å². The van der Waals surface area contributed by atoms with Crippen LogP contribution in [0.1, 0.15) is 19.3 Å². The third-order valence-corrected chi connectivity index (χ3v) is 2.95. The number of rotatable bonds is 5. The first-order valence-corrected chi connectivity index (χ1v) is 6.83. The fourth-order valence-electron chi connectivity index (χ4n) is 1.55. The molecule has 0 spiro atoms. The molecule has 1 saturated heterocycles. The molecule has 0 amide bonds. The molecule has 1 fully saturated rings. The van der Waals surface area contributed by atoms with Gasteiger partial charge in [-0.2, -0.15) is 11.8 Å². The van der Waals surface area contributed by atoms with Crippen LogP contribution in [0.3, 0.4) is 0 Å². The molecule has 0 saturated carbocycles. The Kier molecular flexibility index (Phi) is 5.82. The lowest BCUT2D eigenvalue weighted by molar-refractivity contribution is -0.423. The lowest BCUT2D eigenvalue weighted by Crippen LogP contribution is -2.27. The fourth-order valence-corrected chi connectivity index (χ4v) is 1.80. The first kappa shape index (κ1) is 13.8. The minimum atomic E-state index is -0.839. The molecule has 0 atom stereocenters. The number of ether oxygens (including phenoxy) is 1. The second-order valence-corrected chi connectivity index (χ2v) is 4.58. The predicted octanol–water partition coefficient (Wildman–Crippen LogP) is 1.15. The van der Waals surface area contributed by atoms with Crippen LogP contribution >= 0.6 is 11.8 Å². The second-order valence-electron chi connectivity index (χ2n) is 3.60. The van der Waals surface area contributed by atoms with Gasteiger partial charge in [0.2, 0.25) is 0 Å². The maximum Gasteiger partial charge on any atom is 0.411 e. The van der Waals surface area contributed by atoms with Crippen LogP contribution in [0.5, 0.6) is 0 Å². The maximum atomic E-state index is 11.6. The Hall–Kier alpha value is -1.24. The summed E-state index contributed by atoms with van der Waals surface area (Å²) in [6.07, 6.45) is 4.24. The number of esters is 1. The van der Waals surface area contributed by atoms with E-state index in [1.165, 1.54) is 11.8 Å². The van der Waals surface area contributed by atoms with Crippen molar-refractivity contribution in [3.63, 3.8) is 0 Å². The molecule has 0 bridgehead atoms. The minimum absolute atomic E-state index is 0.199. The lowest BCUT2D eigenvalue weighted by atomic mass is 10.1. The molecular formula is C10H16N2O4S. The number of piperidine rings is 1. The summed E-state index contributed by atoms with van der Waals surface area (Å²) >= 11 is 1.52. The van der Waals surface area contributed by atoms with Crippen LogP contribution in [0, 0.1) is 10.1 Å². The van der Waals surface area contributed by atoms with Gasteiger partial charge in [0.05, 0.1) is 10.6 Å². The van der Waals surface area contributed by atoms with Crippen molar-refractivity contribution < 1.29 is 14.5 Å². The molecule has 0 aromatic heterocycles. The van der Waals surface area contributed by atoms with E-state index in [0.29, 0.717) is 24.4 Å². The molecule has 1 N–H and O–H groups in total. The zero-order valence-electron chi connectivity index (χ0n) is 9.73. The van der Waals surface area contributed by atoms with E-state index in [-0.39, 0.29) is 6.61 Å². The monoisotopic (exact) mass is 260 g/mol. The predicted molar refractivity (Wildman–Crippen MR) is 65.2 cm³/mol. The van der Waals surface area contributed by atoms with Crippen LogP contribution in [0.15, 0.2) is 11.4 Å². The van der Waals surface area contributed by atoms with Crippen molar-refractivity contribution in [1.29, 1.82) is 0 Å². The fraction of sp³-hybridized carbons (Fsp3) is 0.700. The summed E-state index contributed by atoms with van der Waals surface area (Å²) in [5.74, 6) is -0.201. The molecule has 0 radical (unpaired) electrons. The number of nitro groups is 1. The molecule has 1 rings (SSSR count). The molecule has 6 nitrogen and oxygen atoms in total. The number of hydrogen-bond acceptors (Lipinski definition) is 6. The largest absolute Gasteiger partial charge is 0.457 e. The van der Waals surface area contributed by atoms with Crippen molar-refractivity contribution in [2.24, 2.45) is 0 Å². The number of nitrogens with zero attached hydrogens (tertiary/aromatic N) is 1. The summed E-state index contributed by atoms with van der Waals surface area (Å²) in [5, 5.41) is 13.8. The summed E-state index contributed by atoms with van der Waals surface area (Å²) in [6, 6.07) is 0. The van der Waals surface area contributed by atoms with Crippen molar-refractivity contribution in [3.8, 4) is 0 Å². The van der Waals surface area contributed by atoms with Gasteiger partial charge in [-0.3, -0.25) is 10.1 Å². The molecule has 1 heterocycles. The molecule has 0 aromatic rings. The molecule has 96 valence electrons. The third kappa shape index (κ3) is 4.26. The van der Waals surface area contributed by atoms with Crippen LogP contribution in [0.25, 0.3) is 0 Å². The van der Waals surface area contributed by atoms with Crippen LogP contribution in [0.2, 0.25) is 0 Å². The van der Waals surface area contributed by atoms with Gasteiger partial charge in [0.1, 0.15) is 6.61 Å². The van der Waals surface area contributed by atoms with Gasteiger partial charge in [0.25, 0.3) is 0 Å². The van der Waals surface area contributed by atoms with Crippen molar-refractivity contribution >= 4 is 17.7 Å². The molecule has 1 aliphatic heterocycles. The SMILES string of the molecule is CSCCOC(=O)C(=C1CCCCN1)[N+](=O)[O-]. The smallest absolute Gasteiger partial charge is 0.411 e. The van der Waals surface area contributed by atoms with E-state index in [4.69, 9.17) is 4.74 Å². The van der Waals surface area contributed by atoms with Gasteiger partial charge < -0.3 is 10.1 Å². The molecule has 0 unspecified atom stereocenters. The number of hydrogen-bond donors (Lipinski definition) is 1. The Morgan fingerprint density at radius 3 is 2.88 bits per heavy atom. The quantitative estimate of drug-likeness (QED) is 0.262. The second kappa shape index (κ2) is 7.16. The highest BCUT2D eigenvalue weighted by atomic mass is 32.2. The van der Waals surface area contributed by atoms with Gasteiger partial charge in [0, 0.05) is 12.3 Å². The highest BCUT2D eigenvalue weighted by molar-refractivity contribution is 7.98. The van der Waals surface area contributed by atoms with E-state index >= 15 is 0 Å². The van der Waals surface area contributed by atoms with Gasteiger partial charge in [-0.05, 0) is 25.5 Å². The van der Waals surface area contributed by atoms with Crippen LogP contribution < -0.4 is 5.32 Å². The van der Waals surface area contributed by atoms with Gasteiger partial charge in [-0.1, -0.05) is 0 Å². The Balaban J connectivity index is 2.70. The zero-order chi connectivity index (χ0) is 12.7. The van der Waals surface area contributed by atoms with Gasteiger partial charge >= 0.3 is 11.7 Å². The standard InChI is InChI=1S/C10H16N2O4S/c1-17-7-6-16-10(13)9(12(14)15)8-4-2-3-5-11-8/h11H,2-7H2,1H3. The Bertz CT molecular complexity index is 322. The minimum Gasteiger partial charge on any atom is -0.457 e. The van der Waals surface area contributed by atoms with Crippen LogP contribution in [-0.4, -0.2) is 36.1 Å². The average Bonchev–Trinajstić information content (AvgIpc) is 2.30. The van der Waals surface area contributed by atoms with Gasteiger partial charge in [-0.15, -0.1) is 0 Å². The normalized spacial score (nSPS) is 18.2. The summed E-state index contributed by atoms with van der Waals surface area (Å²) < 4.78 is 4.86. The van der Waals surface area contributed by atoms with Crippen molar-refractivity contribution in [2.45, 2.75) is 19.3 Å². The first-order chi connectivity index (χ1) is 8.16. The summed E-state index contributed by atoms with van der Waals surface area (Å²) in [4.78, 5) is 21.8. The molecule has 0 aromatic carbocycles. The zero-order valence-corrected chi connectivity index (χ0v) is 10.5. The lowest BCUT2D eigenvalue weighted by Gasteiger charge is -2.16. The van der Waals surface area contributed by atoms with Gasteiger partial charge in [-0.25, -0.2) is 4.79 Å². The van der Waals surface area contributed by atoms with E-state index < -0.39 is 16.6 Å². The summed E-state index contributed by atoms with van der Waals surface area (Å²) in [7, 11) is 0. The van der Waals surface area contributed by atoms with Crippen LogP contribution in [-0.2, 0) is 9.53 Å². The highest BCUT2D eigenvalue weighted by Crippen LogP contribution is 2.16. The molecule has 17 heavy (non-hydrogen) atoms. The van der Waals surface area contributed by atoms with E-state index in [1.54, 1.807) is 0 Å². The third-order valence-electron chi connectivity index (χ3n) is 2.37. The number of carbonyl (C=O) groups is 1. The van der Waals surface area contributed by atoms with E-state index in [0.717, 1.165) is 12.8 Å². The molecule has 1 aliphatic rings. The first-order valence-electron chi connectivity index (χ1n) is 5.44. The average molecular weight is 260 g/mol. The van der Waals surface area contributed by atoms with Crippen molar-refractivity contribution in [1.82, 2.24) is 5.32 Å². The van der Waals surface area contributed by atoms with E-state index in [2.05, 4.69) is 5.32 Å². The molecule has 0 aliphatic carbocycles. The topological polar surface area (TPSA) is 81.5 Å². The number of carbonyl (C=O) groups excluding carboxylic acids is 1. The maximum absolute atomic E-state index is 11.6. The molecule has 7 heteroatoms. The Labute approximate surface area is 104 Å². The number of nitrogens with one attached hydrogen (secondary N) is 1. The highest BCUT2D eigenvalue weighted by Gasteiger charge is 2.29. The Morgan fingerprint density at radius 2 is 2.35 bits per heavy atom. The van der Waals surface area contributed by atoms with Crippen molar-refractivity contribution in [3.05, 3.63) is 21.5 Å². The summed E-state index contributed by atoms with van der Waals surface area (Å²) in [5.41, 5.74) is -0.0406. The van der Waals surface area contributed by atoms with Gasteiger partial charge in [0.15, 0.2) is 0 Å². The van der Waals surface area contributed by atoms with E-state index in [1.807, 2.05) is 6.26 Å². The molecular weight excluding hydrogens is 244 g/mol. The van der Waals surface area contributed by atoms with E-state index in [9.17, 15) is 14.9 Å². The number of allylic oxidation sites excluding steroid dienone is 1. The van der Waals surface area contributed by atoms with Crippen LogP contribution in [0.4, 0.5) is 0 Å².